The molecule has 2 heterocycles. The van der Waals surface area contributed by atoms with E-state index < -0.39 is 0 Å². The molecule has 2 N–H and O–H groups in total. The summed E-state index contributed by atoms with van der Waals surface area (Å²) in [6.45, 7) is 3.98. The SMILES string of the molecule is Cc1ccc(-c2ncc(C(C)N)s2)nc1. The van der Waals surface area contributed by atoms with Gasteiger partial charge < -0.3 is 5.73 Å². The number of nitrogens with two attached hydrogens (primary N) is 1. The number of rotatable bonds is 2. The highest BCUT2D eigenvalue weighted by atomic mass is 32.1. The predicted octanol–water partition coefficient (Wildman–Crippen LogP) is 2.53. The maximum Gasteiger partial charge on any atom is 0.142 e. The quantitative estimate of drug-likeness (QED) is 0.844. The summed E-state index contributed by atoms with van der Waals surface area (Å²) >= 11 is 1.60. The molecule has 1 unspecified atom stereocenters. The first-order valence-electron chi connectivity index (χ1n) is 4.81. The van der Waals surface area contributed by atoms with Crippen molar-refractivity contribution >= 4 is 11.3 Å². The molecule has 0 saturated carbocycles. The molecule has 15 heavy (non-hydrogen) atoms. The van der Waals surface area contributed by atoms with Crippen molar-refractivity contribution < 1.29 is 0 Å². The number of thiazole rings is 1. The molecule has 2 aromatic rings. The van der Waals surface area contributed by atoms with Crippen LogP contribution in [0.25, 0.3) is 10.7 Å². The van der Waals surface area contributed by atoms with Gasteiger partial charge in [-0.05, 0) is 25.5 Å². The van der Waals surface area contributed by atoms with Crippen LogP contribution in [0.3, 0.4) is 0 Å². The van der Waals surface area contributed by atoms with Crippen molar-refractivity contribution in [2.24, 2.45) is 5.73 Å². The first kappa shape index (κ1) is 10.3. The minimum absolute atomic E-state index is 0.0432. The van der Waals surface area contributed by atoms with Gasteiger partial charge in [-0.2, -0.15) is 0 Å². The lowest BCUT2D eigenvalue weighted by Crippen LogP contribution is -2.01. The Kier molecular flexibility index (Phi) is 2.79. The van der Waals surface area contributed by atoms with E-state index in [0.29, 0.717) is 0 Å². The second kappa shape index (κ2) is 4.08. The van der Waals surface area contributed by atoms with Crippen LogP contribution in [0.5, 0.6) is 0 Å². The zero-order valence-electron chi connectivity index (χ0n) is 8.77. The zero-order chi connectivity index (χ0) is 10.8. The number of hydrogen-bond donors (Lipinski definition) is 1. The van der Waals surface area contributed by atoms with Crippen LogP contribution in [0.2, 0.25) is 0 Å². The van der Waals surface area contributed by atoms with E-state index in [4.69, 9.17) is 5.73 Å². The summed E-state index contributed by atoms with van der Waals surface area (Å²) in [7, 11) is 0. The van der Waals surface area contributed by atoms with Crippen molar-refractivity contribution in [1.29, 1.82) is 0 Å². The maximum absolute atomic E-state index is 5.78. The normalized spacial score (nSPS) is 12.7. The average Bonchev–Trinajstić information content (AvgIpc) is 2.68. The van der Waals surface area contributed by atoms with E-state index in [9.17, 15) is 0 Å². The van der Waals surface area contributed by atoms with Gasteiger partial charge in [0.2, 0.25) is 0 Å². The van der Waals surface area contributed by atoms with Crippen LogP contribution in [-0.2, 0) is 0 Å². The monoisotopic (exact) mass is 219 g/mol. The first-order valence-corrected chi connectivity index (χ1v) is 5.63. The van der Waals surface area contributed by atoms with E-state index in [1.807, 2.05) is 38.4 Å². The molecule has 0 saturated heterocycles. The fourth-order valence-corrected chi connectivity index (χ4v) is 2.06. The molecule has 0 amide bonds. The molecule has 0 aliphatic carbocycles. The molecule has 0 bridgehead atoms. The van der Waals surface area contributed by atoms with Crippen molar-refractivity contribution in [1.82, 2.24) is 9.97 Å². The maximum atomic E-state index is 5.78. The minimum atomic E-state index is 0.0432. The third-order valence-corrected chi connectivity index (χ3v) is 3.32. The van der Waals surface area contributed by atoms with Gasteiger partial charge >= 0.3 is 0 Å². The molecule has 78 valence electrons. The molecule has 3 nitrogen and oxygen atoms in total. The Morgan fingerprint density at radius 1 is 1.27 bits per heavy atom. The summed E-state index contributed by atoms with van der Waals surface area (Å²) in [5.41, 5.74) is 7.85. The molecule has 0 fully saturated rings. The van der Waals surface area contributed by atoms with Crippen LogP contribution in [0, 0.1) is 6.92 Å². The average molecular weight is 219 g/mol. The van der Waals surface area contributed by atoms with Gasteiger partial charge in [-0.25, -0.2) is 4.98 Å². The Morgan fingerprint density at radius 2 is 2.07 bits per heavy atom. The molecule has 0 aliphatic heterocycles. The summed E-state index contributed by atoms with van der Waals surface area (Å²) in [6.07, 6.45) is 3.68. The highest BCUT2D eigenvalue weighted by Gasteiger charge is 2.08. The van der Waals surface area contributed by atoms with Crippen LogP contribution in [0.1, 0.15) is 23.4 Å². The number of aryl methyl sites for hydroxylation is 1. The molecular formula is C11H13N3S. The van der Waals surface area contributed by atoms with Gasteiger partial charge in [0.15, 0.2) is 0 Å². The molecule has 0 aromatic carbocycles. The van der Waals surface area contributed by atoms with Gasteiger partial charge in [0.25, 0.3) is 0 Å². The van der Waals surface area contributed by atoms with Gasteiger partial charge in [0.1, 0.15) is 5.01 Å². The molecule has 4 heteroatoms. The van der Waals surface area contributed by atoms with Crippen molar-refractivity contribution in [3.05, 3.63) is 35.0 Å². The lowest BCUT2D eigenvalue weighted by molar-refractivity contribution is 0.835. The third kappa shape index (κ3) is 2.22. The number of hydrogen-bond acceptors (Lipinski definition) is 4. The molecule has 0 spiro atoms. The van der Waals surface area contributed by atoms with Gasteiger partial charge in [-0.1, -0.05) is 6.07 Å². The van der Waals surface area contributed by atoms with Crippen molar-refractivity contribution in [2.75, 3.05) is 0 Å². The van der Waals surface area contributed by atoms with E-state index in [0.717, 1.165) is 21.1 Å². The minimum Gasteiger partial charge on any atom is -0.323 e. The number of aromatic nitrogens is 2. The van der Waals surface area contributed by atoms with Gasteiger partial charge in [-0.3, -0.25) is 4.98 Å². The zero-order valence-corrected chi connectivity index (χ0v) is 9.58. The highest BCUT2D eigenvalue weighted by Crippen LogP contribution is 2.26. The van der Waals surface area contributed by atoms with Crippen molar-refractivity contribution in [2.45, 2.75) is 19.9 Å². The van der Waals surface area contributed by atoms with Gasteiger partial charge in [0, 0.05) is 23.3 Å². The summed E-state index contributed by atoms with van der Waals surface area (Å²) < 4.78 is 0. The second-order valence-corrected chi connectivity index (χ2v) is 4.64. The van der Waals surface area contributed by atoms with Gasteiger partial charge in [0.05, 0.1) is 5.69 Å². The van der Waals surface area contributed by atoms with Crippen LogP contribution < -0.4 is 5.73 Å². The Balaban J connectivity index is 2.33. The Morgan fingerprint density at radius 3 is 2.60 bits per heavy atom. The summed E-state index contributed by atoms with van der Waals surface area (Å²) in [5, 5.41) is 0.933. The third-order valence-electron chi connectivity index (χ3n) is 2.10. The Hall–Kier alpha value is -1.26. The topological polar surface area (TPSA) is 51.8 Å². The van der Waals surface area contributed by atoms with E-state index >= 15 is 0 Å². The Bertz CT molecular complexity index is 445. The summed E-state index contributed by atoms with van der Waals surface area (Å²) in [5.74, 6) is 0. The fraction of sp³-hybridized carbons (Fsp3) is 0.273. The Labute approximate surface area is 93.0 Å². The molecule has 0 aliphatic rings. The lowest BCUT2D eigenvalue weighted by atomic mass is 10.3. The predicted molar refractivity (Wildman–Crippen MR) is 62.7 cm³/mol. The highest BCUT2D eigenvalue weighted by molar-refractivity contribution is 7.15. The van der Waals surface area contributed by atoms with E-state index in [1.54, 1.807) is 11.3 Å². The van der Waals surface area contributed by atoms with Crippen LogP contribution in [0.4, 0.5) is 0 Å². The standard InChI is InChI=1S/C11H13N3S/c1-7-3-4-9(13-5-7)11-14-6-10(15-11)8(2)12/h3-6,8H,12H2,1-2H3. The van der Waals surface area contributed by atoms with Crippen LogP contribution >= 0.6 is 11.3 Å². The number of pyridine rings is 1. The molecule has 2 aromatic heterocycles. The molecular weight excluding hydrogens is 206 g/mol. The van der Waals surface area contributed by atoms with Crippen LogP contribution in [0.15, 0.2) is 24.5 Å². The smallest absolute Gasteiger partial charge is 0.142 e. The van der Waals surface area contributed by atoms with Crippen molar-refractivity contribution in [3.8, 4) is 10.7 Å². The van der Waals surface area contributed by atoms with Gasteiger partial charge in [-0.15, -0.1) is 11.3 Å². The lowest BCUT2D eigenvalue weighted by Gasteiger charge is -1.97. The van der Waals surface area contributed by atoms with Crippen LogP contribution in [-0.4, -0.2) is 9.97 Å². The molecule has 0 radical (unpaired) electrons. The largest absolute Gasteiger partial charge is 0.323 e. The number of nitrogens with zero attached hydrogens (tertiary/aromatic N) is 2. The summed E-state index contributed by atoms with van der Waals surface area (Å²) in [6, 6.07) is 4.07. The second-order valence-electron chi connectivity index (χ2n) is 3.58. The first-order chi connectivity index (χ1) is 7.16. The van der Waals surface area contributed by atoms with E-state index in [-0.39, 0.29) is 6.04 Å². The van der Waals surface area contributed by atoms with Crippen molar-refractivity contribution in [3.63, 3.8) is 0 Å². The fourth-order valence-electron chi connectivity index (χ4n) is 1.21. The summed E-state index contributed by atoms with van der Waals surface area (Å²) in [4.78, 5) is 9.73. The van der Waals surface area contributed by atoms with E-state index in [1.165, 1.54) is 0 Å². The molecule has 2 rings (SSSR count). The van der Waals surface area contributed by atoms with E-state index in [2.05, 4.69) is 9.97 Å². The molecule has 1 atom stereocenters.